The van der Waals surface area contributed by atoms with Crippen LogP contribution in [0.5, 0.6) is 5.88 Å². The van der Waals surface area contributed by atoms with E-state index in [-0.39, 0.29) is 5.54 Å². The lowest BCUT2D eigenvalue weighted by atomic mass is 10.1. The molecule has 0 atom stereocenters. The standard InChI is InChI=1S/C15H28N4O/c1-12(2)7-16-8-13-9-18-14(10-17-13)20-11-15(3,4)19(5)6/h9-10,12,16H,7-8,11H2,1-6H3. The molecule has 0 saturated heterocycles. The van der Waals surface area contributed by atoms with Crippen LogP contribution in [-0.2, 0) is 6.54 Å². The monoisotopic (exact) mass is 280 g/mol. The lowest BCUT2D eigenvalue weighted by Crippen LogP contribution is -2.43. The minimum absolute atomic E-state index is 0.0286. The van der Waals surface area contributed by atoms with E-state index in [9.17, 15) is 0 Å². The number of hydrogen-bond acceptors (Lipinski definition) is 5. The Morgan fingerprint density at radius 3 is 2.45 bits per heavy atom. The van der Waals surface area contributed by atoms with Gasteiger partial charge in [-0.25, -0.2) is 4.98 Å². The average Bonchev–Trinajstić information content (AvgIpc) is 2.37. The maximum absolute atomic E-state index is 5.69. The molecule has 5 heteroatoms. The van der Waals surface area contributed by atoms with Crippen LogP contribution in [0.3, 0.4) is 0 Å². The first-order chi connectivity index (χ1) is 9.31. The Morgan fingerprint density at radius 1 is 1.25 bits per heavy atom. The van der Waals surface area contributed by atoms with E-state index in [0.717, 1.165) is 18.8 Å². The summed E-state index contributed by atoms with van der Waals surface area (Å²) in [6.45, 7) is 10.9. The van der Waals surface area contributed by atoms with Gasteiger partial charge in [0.15, 0.2) is 0 Å². The second-order valence-corrected chi connectivity index (χ2v) is 6.37. The first-order valence-corrected chi connectivity index (χ1v) is 7.13. The Kier molecular flexibility index (Phi) is 6.36. The van der Waals surface area contributed by atoms with Crippen LogP contribution in [0.25, 0.3) is 0 Å². The summed E-state index contributed by atoms with van der Waals surface area (Å²) < 4.78 is 5.69. The zero-order chi connectivity index (χ0) is 15.2. The molecule has 0 aliphatic rings. The summed E-state index contributed by atoms with van der Waals surface area (Å²) in [5.41, 5.74) is 0.906. The third-order valence-corrected chi connectivity index (χ3v) is 3.32. The molecule has 1 N–H and O–H groups in total. The maximum atomic E-state index is 5.69. The van der Waals surface area contributed by atoms with Crippen LogP contribution in [0.4, 0.5) is 0 Å². The highest BCUT2D eigenvalue weighted by atomic mass is 16.5. The smallest absolute Gasteiger partial charge is 0.232 e. The zero-order valence-electron chi connectivity index (χ0n) is 13.6. The third-order valence-electron chi connectivity index (χ3n) is 3.32. The van der Waals surface area contributed by atoms with E-state index in [1.807, 2.05) is 14.1 Å². The topological polar surface area (TPSA) is 50.3 Å². The Labute approximate surface area is 122 Å². The van der Waals surface area contributed by atoms with Crippen LogP contribution in [0.15, 0.2) is 12.4 Å². The number of nitrogens with zero attached hydrogens (tertiary/aromatic N) is 3. The van der Waals surface area contributed by atoms with Gasteiger partial charge in [0, 0.05) is 12.1 Å². The summed E-state index contributed by atoms with van der Waals surface area (Å²) in [4.78, 5) is 10.8. The van der Waals surface area contributed by atoms with Gasteiger partial charge in [0.1, 0.15) is 6.61 Å². The summed E-state index contributed by atoms with van der Waals surface area (Å²) in [7, 11) is 4.08. The molecule has 1 aromatic heterocycles. The summed E-state index contributed by atoms with van der Waals surface area (Å²) in [5, 5.41) is 3.34. The summed E-state index contributed by atoms with van der Waals surface area (Å²) >= 11 is 0. The van der Waals surface area contributed by atoms with Crippen molar-refractivity contribution in [1.29, 1.82) is 0 Å². The lowest BCUT2D eigenvalue weighted by Gasteiger charge is -2.31. The van der Waals surface area contributed by atoms with Crippen molar-refractivity contribution in [3.8, 4) is 5.88 Å². The second kappa shape index (κ2) is 7.55. The largest absolute Gasteiger partial charge is 0.475 e. The van der Waals surface area contributed by atoms with Crippen molar-refractivity contribution in [3.05, 3.63) is 18.1 Å². The molecule has 5 nitrogen and oxygen atoms in total. The van der Waals surface area contributed by atoms with Gasteiger partial charge in [0.25, 0.3) is 0 Å². The van der Waals surface area contributed by atoms with E-state index in [0.29, 0.717) is 18.4 Å². The van der Waals surface area contributed by atoms with Gasteiger partial charge < -0.3 is 15.0 Å². The number of nitrogens with one attached hydrogen (secondary N) is 1. The lowest BCUT2D eigenvalue weighted by molar-refractivity contribution is 0.111. The molecular weight excluding hydrogens is 252 g/mol. The first kappa shape index (κ1) is 16.9. The molecule has 0 radical (unpaired) electrons. The van der Waals surface area contributed by atoms with Gasteiger partial charge >= 0.3 is 0 Å². The van der Waals surface area contributed by atoms with Crippen molar-refractivity contribution in [3.63, 3.8) is 0 Å². The minimum atomic E-state index is -0.0286. The van der Waals surface area contributed by atoms with Crippen LogP contribution in [0.1, 0.15) is 33.4 Å². The fraction of sp³-hybridized carbons (Fsp3) is 0.733. The molecule has 0 spiro atoms. The second-order valence-electron chi connectivity index (χ2n) is 6.37. The number of likely N-dealkylation sites (N-methyl/N-ethyl adjacent to an activating group) is 1. The van der Waals surface area contributed by atoms with Crippen molar-refractivity contribution in [2.45, 2.75) is 39.8 Å². The Balaban J connectivity index is 2.43. The number of aromatic nitrogens is 2. The van der Waals surface area contributed by atoms with E-state index >= 15 is 0 Å². The van der Waals surface area contributed by atoms with Crippen molar-refractivity contribution < 1.29 is 4.74 Å². The van der Waals surface area contributed by atoms with E-state index in [4.69, 9.17) is 4.74 Å². The van der Waals surface area contributed by atoms with Gasteiger partial charge in [-0.15, -0.1) is 0 Å². The molecule has 0 fully saturated rings. The molecule has 20 heavy (non-hydrogen) atoms. The van der Waals surface area contributed by atoms with Gasteiger partial charge in [-0.2, -0.15) is 0 Å². The Morgan fingerprint density at radius 2 is 1.95 bits per heavy atom. The molecule has 0 saturated carbocycles. The van der Waals surface area contributed by atoms with Crippen molar-refractivity contribution in [1.82, 2.24) is 20.2 Å². The van der Waals surface area contributed by atoms with Gasteiger partial charge in [-0.05, 0) is 40.4 Å². The number of hydrogen-bond donors (Lipinski definition) is 1. The fourth-order valence-corrected chi connectivity index (χ4v) is 1.38. The van der Waals surface area contributed by atoms with Crippen molar-refractivity contribution in [2.75, 3.05) is 27.2 Å². The molecule has 1 rings (SSSR count). The van der Waals surface area contributed by atoms with Gasteiger partial charge in [0.2, 0.25) is 5.88 Å². The molecule has 0 unspecified atom stereocenters. The van der Waals surface area contributed by atoms with Crippen LogP contribution in [0, 0.1) is 5.92 Å². The highest BCUT2D eigenvalue weighted by Gasteiger charge is 2.21. The third kappa shape index (κ3) is 5.84. The highest BCUT2D eigenvalue weighted by molar-refractivity contribution is 5.07. The Hall–Kier alpha value is -1.20. The molecule has 0 amide bonds. The molecule has 114 valence electrons. The van der Waals surface area contributed by atoms with Crippen LogP contribution < -0.4 is 10.1 Å². The predicted octanol–water partition coefficient (Wildman–Crippen LogP) is 1.94. The minimum Gasteiger partial charge on any atom is -0.475 e. The van der Waals surface area contributed by atoms with Crippen LogP contribution in [0.2, 0.25) is 0 Å². The zero-order valence-corrected chi connectivity index (χ0v) is 13.6. The molecule has 1 heterocycles. The number of ether oxygens (including phenoxy) is 1. The van der Waals surface area contributed by atoms with E-state index in [1.54, 1.807) is 12.4 Å². The molecule has 0 aromatic carbocycles. The van der Waals surface area contributed by atoms with E-state index in [2.05, 4.69) is 47.9 Å². The van der Waals surface area contributed by atoms with E-state index < -0.39 is 0 Å². The highest BCUT2D eigenvalue weighted by Crippen LogP contribution is 2.13. The van der Waals surface area contributed by atoms with Crippen molar-refractivity contribution in [2.24, 2.45) is 5.92 Å². The van der Waals surface area contributed by atoms with E-state index in [1.165, 1.54) is 0 Å². The quantitative estimate of drug-likeness (QED) is 0.788. The molecule has 0 aliphatic heterocycles. The maximum Gasteiger partial charge on any atom is 0.232 e. The van der Waals surface area contributed by atoms with Crippen LogP contribution in [-0.4, -0.2) is 47.7 Å². The predicted molar refractivity (Wildman–Crippen MR) is 81.8 cm³/mol. The first-order valence-electron chi connectivity index (χ1n) is 7.13. The molecule has 0 bridgehead atoms. The van der Waals surface area contributed by atoms with Crippen LogP contribution >= 0.6 is 0 Å². The Bertz CT molecular complexity index is 387. The molecule has 0 aliphatic carbocycles. The normalized spacial score (nSPS) is 12.2. The summed E-state index contributed by atoms with van der Waals surface area (Å²) in [6.07, 6.45) is 3.46. The SMILES string of the molecule is CC(C)CNCc1cnc(OCC(C)(C)N(C)C)cn1. The average molecular weight is 280 g/mol. The van der Waals surface area contributed by atoms with Gasteiger partial charge in [-0.1, -0.05) is 13.8 Å². The molecule has 1 aromatic rings. The summed E-state index contributed by atoms with van der Waals surface area (Å²) in [5.74, 6) is 1.21. The summed E-state index contributed by atoms with van der Waals surface area (Å²) in [6, 6.07) is 0. The van der Waals surface area contributed by atoms with Gasteiger partial charge in [-0.3, -0.25) is 4.98 Å². The van der Waals surface area contributed by atoms with Crippen molar-refractivity contribution >= 4 is 0 Å². The number of rotatable bonds is 8. The van der Waals surface area contributed by atoms with Gasteiger partial charge in [0.05, 0.1) is 18.1 Å². The molecular formula is C15H28N4O. The fourth-order valence-electron chi connectivity index (χ4n) is 1.38.